The Morgan fingerprint density at radius 1 is 1.08 bits per heavy atom. The summed E-state index contributed by atoms with van der Waals surface area (Å²) in [5, 5.41) is 0. The zero-order valence-corrected chi connectivity index (χ0v) is 15.1. The summed E-state index contributed by atoms with van der Waals surface area (Å²) in [6.45, 7) is 2.38. The van der Waals surface area contributed by atoms with E-state index in [0.29, 0.717) is 17.7 Å². The van der Waals surface area contributed by atoms with Gasteiger partial charge in [-0.3, -0.25) is 4.79 Å². The smallest absolute Gasteiger partial charge is 0.276 e. The van der Waals surface area contributed by atoms with Crippen LogP contribution in [-0.4, -0.2) is 41.6 Å². The number of hydrogen-bond donors (Lipinski definition) is 0. The predicted octanol–water partition coefficient (Wildman–Crippen LogP) is 4.14. The molecule has 0 bridgehead atoms. The van der Waals surface area contributed by atoms with Crippen LogP contribution >= 0.6 is 0 Å². The Bertz CT molecular complexity index is 573. The molecule has 1 amide bonds. The number of ether oxygens (including phenoxy) is 1. The summed E-state index contributed by atoms with van der Waals surface area (Å²) in [6, 6.07) is 0.402. The first-order chi connectivity index (χ1) is 12.3. The molecule has 0 spiro atoms. The molecule has 2 aliphatic heterocycles. The summed E-state index contributed by atoms with van der Waals surface area (Å²) in [5.41, 5.74) is 0.497. The van der Waals surface area contributed by atoms with E-state index < -0.39 is 0 Å². The van der Waals surface area contributed by atoms with Crippen LogP contribution in [0.25, 0.3) is 0 Å². The van der Waals surface area contributed by atoms with Crippen LogP contribution in [0.3, 0.4) is 0 Å². The zero-order chi connectivity index (χ0) is 17.1. The second kappa shape index (κ2) is 7.90. The van der Waals surface area contributed by atoms with Crippen LogP contribution in [0.5, 0.6) is 0 Å². The molecule has 138 valence electrons. The first kappa shape index (κ1) is 17.1. The minimum atomic E-state index is 0.0698. The molecule has 4 rings (SSSR count). The van der Waals surface area contributed by atoms with Crippen molar-refractivity contribution < 1.29 is 13.9 Å². The Morgan fingerprint density at radius 2 is 1.88 bits per heavy atom. The van der Waals surface area contributed by atoms with Crippen LogP contribution in [0.1, 0.15) is 86.5 Å². The standard InChI is InChI=1S/C20H30N2O3/c23-20(18-14-25-19(21-18)16-8-11-24-12-9-16)22-10-4-7-17(22)13-15-5-2-1-3-6-15/h14-17H,1-13H2. The van der Waals surface area contributed by atoms with Crippen LogP contribution in [0.15, 0.2) is 10.7 Å². The topological polar surface area (TPSA) is 55.6 Å². The molecule has 0 aromatic carbocycles. The van der Waals surface area contributed by atoms with Crippen LogP contribution in [-0.2, 0) is 4.74 Å². The number of rotatable bonds is 4. The van der Waals surface area contributed by atoms with Gasteiger partial charge in [-0.1, -0.05) is 32.1 Å². The molecule has 5 heteroatoms. The summed E-state index contributed by atoms with van der Waals surface area (Å²) >= 11 is 0. The molecule has 1 atom stereocenters. The Balaban J connectivity index is 1.39. The number of hydrogen-bond acceptors (Lipinski definition) is 4. The lowest BCUT2D eigenvalue weighted by atomic mass is 9.84. The number of amides is 1. The highest BCUT2D eigenvalue weighted by Gasteiger charge is 2.33. The molecule has 25 heavy (non-hydrogen) atoms. The monoisotopic (exact) mass is 346 g/mol. The van der Waals surface area contributed by atoms with Crippen molar-refractivity contribution >= 4 is 5.91 Å². The van der Waals surface area contributed by atoms with Crippen LogP contribution in [0.2, 0.25) is 0 Å². The van der Waals surface area contributed by atoms with Crippen LogP contribution in [0, 0.1) is 5.92 Å². The van der Waals surface area contributed by atoms with E-state index in [9.17, 15) is 4.79 Å². The average Bonchev–Trinajstić information content (AvgIpc) is 3.32. The van der Waals surface area contributed by atoms with E-state index in [1.165, 1.54) is 38.5 Å². The van der Waals surface area contributed by atoms with Crippen molar-refractivity contribution in [2.45, 2.75) is 76.2 Å². The SMILES string of the molecule is O=C(c1coc(C2CCOCC2)n1)N1CCCC1CC1CCCCC1. The molecule has 1 unspecified atom stereocenters. The summed E-state index contributed by atoms with van der Waals surface area (Å²) in [4.78, 5) is 19.6. The number of nitrogens with zero attached hydrogens (tertiary/aromatic N) is 2. The van der Waals surface area contributed by atoms with Crippen molar-refractivity contribution in [2.24, 2.45) is 5.92 Å². The maximum Gasteiger partial charge on any atom is 0.276 e. The van der Waals surface area contributed by atoms with E-state index in [0.717, 1.165) is 57.3 Å². The number of aromatic nitrogens is 1. The fourth-order valence-corrected chi connectivity index (χ4v) is 4.82. The molecule has 3 heterocycles. The number of likely N-dealkylation sites (tertiary alicyclic amines) is 1. The lowest BCUT2D eigenvalue weighted by Gasteiger charge is -2.29. The molecule has 1 aromatic heterocycles. The minimum absolute atomic E-state index is 0.0698. The lowest BCUT2D eigenvalue weighted by Crippen LogP contribution is -2.37. The van der Waals surface area contributed by atoms with Gasteiger partial charge in [-0.25, -0.2) is 4.98 Å². The largest absolute Gasteiger partial charge is 0.448 e. The molecule has 1 saturated carbocycles. The van der Waals surface area contributed by atoms with Crippen molar-refractivity contribution in [3.63, 3.8) is 0 Å². The number of carbonyl (C=O) groups is 1. The average molecular weight is 346 g/mol. The molecule has 2 saturated heterocycles. The second-order valence-electron chi connectivity index (χ2n) is 7.99. The van der Waals surface area contributed by atoms with Crippen molar-refractivity contribution in [2.75, 3.05) is 19.8 Å². The highest BCUT2D eigenvalue weighted by molar-refractivity contribution is 5.92. The van der Waals surface area contributed by atoms with E-state index in [-0.39, 0.29) is 5.91 Å². The molecule has 1 aromatic rings. The molecule has 0 N–H and O–H groups in total. The van der Waals surface area contributed by atoms with E-state index in [1.807, 2.05) is 0 Å². The maximum absolute atomic E-state index is 13.0. The Morgan fingerprint density at radius 3 is 2.68 bits per heavy atom. The molecule has 3 aliphatic rings. The lowest BCUT2D eigenvalue weighted by molar-refractivity contribution is 0.0705. The van der Waals surface area contributed by atoms with Gasteiger partial charge in [-0.15, -0.1) is 0 Å². The summed E-state index contributed by atoms with van der Waals surface area (Å²) < 4.78 is 11.1. The van der Waals surface area contributed by atoms with E-state index in [1.54, 1.807) is 6.26 Å². The molecular weight excluding hydrogens is 316 g/mol. The highest BCUT2D eigenvalue weighted by Crippen LogP contribution is 2.33. The van der Waals surface area contributed by atoms with Crippen LogP contribution in [0.4, 0.5) is 0 Å². The highest BCUT2D eigenvalue weighted by atomic mass is 16.5. The first-order valence-electron chi connectivity index (χ1n) is 10.2. The molecule has 0 radical (unpaired) electrons. The van der Waals surface area contributed by atoms with E-state index >= 15 is 0 Å². The van der Waals surface area contributed by atoms with E-state index in [4.69, 9.17) is 9.15 Å². The molecule has 1 aliphatic carbocycles. The van der Waals surface area contributed by atoms with Crippen LogP contribution < -0.4 is 0 Å². The van der Waals surface area contributed by atoms with Gasteiger partial charge in [0.2, 0.25) is 0 Å². The summed E-state index contributed by atoms with van der Waals surface area (Å²) in [7, 11) is 0. The van der Waals surface area contributed by atoms with Gasteiger partial charge in [-0.2, -0.15) is 0 Å². The van der Waals surface area contributed by atoms with Gasteiger partial charge in [0.1, 0.15) is 6.26 Å². The van der Waals surface area contributed by atoms with Crippen molar-refractivity contribution in [3.8, 4) is 0 Å². The Kier molecular flexibility index (Phi) is 5.39. The van der Waals surface area contributed by atoms with Gasteiger partial charge >= 0.3 is 0 Å². The Hall–Kier alpha value is -1.36. The van der Waals surface area contributed by atoms with Crippen molar-refractivity contribution in [1.29, 1.82) is 0 Å². The van der Waals surface area contributed by atoms with Gasteiger partial charge in [0.25, 0.3) is 5.91 Å². The normalized spacial score (nSPS) is 26.2. The third-order valence-corrected chi connectivity index (χ3v) is 6.28. The summed E-state index contributed by atoms with van der Waals surface area (Å²) in [6.07, 6.45) is 13.7. The van der Waals surface area contributed by atoms with Gasteiger partial charge in [0.15, 0.2) is 11.6 Å². The maximum atomic E-state index is 13.0. The first-order valence-corrected chi connectivity index (χ1v) is 10.2. The van der Waals surface area contributed by atoms with Gasteiger partial charge < -0.3 is 14.1 Å². The zero-order valence-electron chi connectivity index (χ0n) is 15.1. The van der Waals surface area contributed by atoms with Gasteiger partial charge in [-0.05, 0) is 38.0 Å². The number of oxazole rings is 1. The quantitative estimate of drug-likeness (QED) is 0.822. The number of carbonyl (C=O) groups excluding carboxylic acids is 1. The summed E-state index contributed by atoms with van der Waals surface area (Å²) in [5.74, 6) is 1.89. The van der Waals surface area contributed by atoms with Gasteiger partial charge in [0.05, 0.1) is 0 Å². The molecule has 5 nitrogen and oxygen atoms in total. The van der Waals surface area contributed by atoms with E-state index in [2.05, 4.69) is 9.88 Å². The molecule has 3 fully saturated rings. The Labute approximate surface area is 150 Å². The fourth-order valence-electron chi connectivity index (χ4n) is 4.82. The third-order valence-electron chi connectivity index (χ3n) is 6.28. The van der Waals surface area contributed by atoms with Crippen molar-refractivity contribution in [1.82, 2.24) is 9.88 Å². The minimum Gasteiger partial charge on any atom is -0.448 e. The predicted molar refractivity (Wildman–Crippen MR) is 94.5 cm³/mol. The van der Waals surface area contributed by atoms with Crippen molar-refractivity contribution in [3.05, 3.63) is 17.8 Å². The second-order valence-corrected chi connectivity index (χ2v) is 7.99. The van der Waals surface area contributed by atoms with Gasteiger partial charge in [0, 0.05) is 31.7 Å². The third kappa shape index (κ3) is 3.91. The fraction of sp³-hybridized carbons (Fsp3) is 0.800. The molecular formula is C20H30N2O3.